The largest absolute Gasteiger partial charge is 0.416 e. The standard InChI is InChI=1S/C23H16F4N2O2S/c24-17-8-4-14(5-9-17)21(31)28-18-3-1-2-15(12-18)22-29(20(30)13-32-22)19-10-6-16(7-11-19)23(25,26)27/h1-12,22H,13H2,(H,28,31)/t22-/m1/s1. The molecule has 1 aliphatic heterocycles. The summed E-state index contributed by atoms with van der Waals surface area (Å²) in [5.74, 6) is -0.912. The molecule has 1 saturated heterocycles. The second kappa shape index (κ2) is 8.66. The zero-order chi connectivity index (χ0) is 22.9. The molecule has 4 nitrogen and oxygen atoms in total. The lowest BCUT2D eigenvalue weighted by Crippen LogP contribution is -2.28. The summed E-state index contributed by atoms with van der Waals surface area (Å²) >= 11 is 1.34. The Morgan fingerprint density at radius 3 is 2.34 bits per heavy atom. The van der Waals surface area contributed by atoms with E-state index in [4.69, 9.17) is 0 Å². The van der Waals surface area contributed by atoms with Crippen molar-refractivity contribution in [2.45, 2.75) is 11.6 Å². The van der Waals surface area contributed by atoms with Crippen LogP contribution in [0.25, 0.3) is 0 Å². The van der Waals surface area contributed by atoms with Crippen LogP contribution in [0.3, 0.4) is 0 Å². The number of hydrogen-bond acceptors (Lipinski definition) is 3. The number of hydrogen-bond donors (Lipinski definition) is 1. The van der Waals surface area contributed by atoms with Gasteiger partial charge >= 0.3 is 6.18 Å². The highest BCUT2D eigenvalue weighted by Crippen LogP contribution is 2.43. The normalized spacial score (nSPS) is 16.3. The molecular formula is C23H16F4N2O2S. The summed E-state index contributed by atoms with van der Waals surface area (Å²) in [5.41, 5.74) is 1.04. The maximum absolute atomic E-state index is 13.1. The first-order valence-corrected chi connectivity index (χ1v) is 10.5. The molecule has 0 aliphatic carbocycles. The van der Waals surface area contributed by atoms with E-state index in [2.05, 4.69) is 5.32 Å². The van der Waals surface area contributed by atoms with Gasteiger partial charge in [0.2, 0.25) is 5.91 Å². The molecule has 3 aromatic rings. The molecule has 3 aromatic carbocycles. The summed E-state index contributed by atoms with van der Waals surface area (Å²) in [6, 6.07) is 16.4. The van der Waals surface area contributed by atoms with Gasteiger partial charge in [0.05, 0.1) is 11.3 Å². The molecule has 0 unspecified atom stereocenters. The van der Waals surface area contributed by atoms with Crippen molar-refractivity contribution < 1.29 is 27.2 Å². The molecule has 9 heteroatoms. The minimum atomic E-state index is -4.46. The second-order valence-corrected chi connectivity index (χ2v) is 8.13. The third-order valence-corrected chi connectivity index (χ3v) is 6.09. The van der Waals surface area contributed by atoms with Crippen molar-refractivity contribution in [2.75, 3.05) is 16.0 Å². The number of nitrogens with one attached hydrogen (secondary N) is 1. The first-order valence-electron chi connectivity index (χ1n) is 9.50. The molecule has 0 radical (unpaired) electrons. The van der Waals surface area contributed by atoms with E-state index in [1.807, 2.05) is 0 Å². The lowest BCUT2D eigenvalue weighted by molar-refractivity contribution is -0.137. The van der Waals surface area contributed by atoms with E-state index < -0.39 is 28.8 Å². The fraction of sp³-hybridized carbons (Fsp3) is 0.130. The Bertz CT molecular complexity index is 1150. The number of carbonyl (C=O) groups excluding carboxylic acids is 2. The average molecular weight is 460 g/mol. The summed E-state index contributed by atoms with van der Waals surface area (Å²) < 4.78 is 51.7. The van der Waals surface area contributed by atoms with Crippen LogP contribution in [0.15, 0.2) is 72.8 Å². The minimum absolute atomic E-state index is 0.178. The molecule has 4 rings (SSSR count). The predicted molar refractivity (Wildman–Crippen MR) is 115 cm³/mol. The molecule has 1 N–H and O–H groups in total. The fourth-order valence-electron chi connectivity index (χ4n) is 3.34. The lowest BCUT2D eigenvalue weighted by Gasteiger charge is -2.25. The molecule has 0 aromatic heterocycles. The van der Waals surface area contributed by atoms with Gasteiger partial charge in [0.25, 0.3) is 5.91 Å². The number of benzene rings is 3. The first-order chi connectivity index (χ1) is 15.2. The summed E-state index contributed by atoms with van der Waals surface area (Å²) in [4.78, 5) is 26.4. The van der Waals surface area contributed by atoms with Gasteiger partial charge in [-0.15, -0.1) is 11.8 Å². The van der Waals surface area contributed by atoms with Gasteiger partial charge in [0.15, 0.2) is 0 Å². The van der Waals surface area contributed by atoms with E-state index in [1.165, 1.54) is 53.1 Å². The third kappa shape index (κ3) is 4.62. The average Bonchev–Trinajstić information content (AvgIpc) is 3.15. The van der Waals surface area contributed by atoms with Gasteiger partial charge in [-0.25, -0.2) is 4.39 Å². The van der Waals surface area contributed by atoms with Crippen LogP contribution in [0.4, 0.5) is 28.9 Å². The van der Waals surface area contributed by atoms with Gasteiger partial charge in [0.1, 0.15) is 11.2 Å². The maximum atomic E-state index is 13.1. The summed E-state index contributed by atoms with van der Waals surface area (Å²) in [5, 5.41) is 2.28. The molecule has 164 valence electrons. The maximum Gasteiger partial charge on any atom is 0.416 e. The second-order valence-electron chi connectivity index (χ2n) is 7.06. The number of rotatable bonds is 4. The highest BCUT2D eigenvalue weighted by Gasteiger charge is 2.35. The van der Waals surface area contributed by atoms with Gasteiger partial charge in [-0.1, -0.05) is 12.1 Å². The lowest BCUT2D eigenvalue weighted by atomic mass is 10.1. The Kier molecular flexibility index (Phi) is 5.92. The number of carbonyl (C=O) groups is 2. The Hall–Kier alpha value is -3.33. The monoisotopic (exact) mass is 460 g/mol. The zero-order valence-corrected chi connectivity index (χ0v) is 17.2. The summed E-state index contributed by atoms with van der Waals surface area (Å²) in [6.45, 7) is 0. The quantitative estimate of drug-likeness (QED) is 0.495. The minimum Gasteiger partial charge on any atom is -0.322 e. The van der Waals surface area contributed by atoms with Crippen molar-refractivity contribution in [3.05, 3.63) is 95.3 Å². The van der Waals surface area contributed by atoms with E-state index in [1.54, 1.807) is 24.3 Å². The van der Waals surface area contributed by atoms with E-state index in [0.717, 1.165) is 12.1 Å². The van der Waals surface area contributed by atoms with E-state index in [0.29, 0.717) is 16.9 Å². The molecule has 0 bridgehead atoms. The Morgan fingerprint density at radius 1 is 1.00 bits per heavy atom. The Balaban J connectivity index is 1.56. The van der Waals surface area contributed by atoms with Crippen LogP contribution >= 0.6 is 11.8 Å². The number of halogens is 4. The number of amides is 2. The van der Waals surface area contributed by atoms with Gasteiger partial charge in [-0.3, -0.25) is 14.5 Å². The Morgan fingerprint density at radius 2 is 1.69 bits per heavy atom. The summed E-state index contributed by atoms with van der Waals surface area (Å²) in [6.07, 6.45) is -4.46. The van der Waals surface area contributed by atoms with Crippen LogP contribution in [0, 0.1) is 5.82 Å². The van der Waals surface area contributed by atoms with Crippen molar-refractivity contribution in [3.63, 3.8) is 0 Å². The number of alkyl halides is 3. The van der Waals surface area contributed by atoms with Crippen LogP contribution in [0.2, 0.25) is 0 Å². The molecule has 32 heavy (non-hydrogen) atoms. The van der Waals surface area contributed by atoms with Crippen LogP contribution in [-0.2, 0) is 11.0 Å². The van der Waals surface area contributed by atoms with Gasteiger partial charge in [0, 0.05) is 16.9 Å². The fourth-order valence-corrected chi connectivity index (χ4v) is 4.50. The number of anilines is 2. The van der Waals surface area contributed by atoms with Gasteiger partial charge in [-0.05, 0) is 66.2 Å². The molecule has 2 amide bonds. The van der Waals surface area contributed by atoms with Crippen molar-refractivity contribution in [3.8, 4) is 0 Å². The van der Waals surface area contributed by atoms with E-state index >= 15 is 0 Å². The highest BCUT2D eigenvalue weighted by molar-refractivity contribution is 8.00. The van der Waals surface area contributed by atoms with Crippen LogP contribution in [0.1, 0.15) is 26.9 Å². The van der Waals surface area contributed by atoms with Crippen LogP contribution in [0.5, 0.6) is 0 Å². The smallest absolute Gasteiger partial charge is 0.322 e. The van der Waals surface area contributed by atoms with Crippen molar-refractivity contribution in [2.24, 2.45) is 0 Å². The van der Waals surface area contributed by atoms with Crippen molar-refractivity contribution in [1.29, 1.82) is 0 Å². The summed E-state index contributed by atoms with van der Waals surface area (Å²) in [7, 11) is 0. The number of nitrogens with zero attached hydrogens (tertiary/aromatic N) is 1. The van der Waals surface area contributed by atoms with Gasteiger partial charge < -0.3 is 5.32 Å². The Labute approximate surface area is 185 Å². The third-order valence-electron chi connectivity index (χ3n) is 4.88. The first kappa shape index (κ1) is 21.9. The molecule has 0 spiro atoms. The zero-order valence-electron chi connectivity index (χ0n) is 16.4. The molecule has 1 aliphatic rings. The van der Waals surface area contributed by atoms with Crippen LogP contribution in [-0.4, -0.2) is 17.6 Å². The molecule has 0 saturated carbocycles. The molecule has 1 heterocycles. The molecule has 1 fully saturated rings. The van der Waals surface area contributed by atoms with E-state index in [9.17, 15) is 27.2 Å². The topological polar surface area (TPSA) is 49.4 Å². The molecule has 1 atom stereocenters. The van der Waals surface area contributed by atoms with Crippen molar-refractivity contribution >= 4 is 35.0 Å². The molecular weight excluding hydrogens is 444 g/mol. The predicted octanol–water partition coefficient (Wildman–Crippen LogP) is 5.88. The number of thioether (sulfide) groups is 1. The highest BCUT2D eigenvalue weighted by atomic mass is 32.2. The van der Waals surface area contributed by atoms with E-state index in [-0.39, 0.29) is 17.2 Å². The van der Waals surface area contributed by atoms with Crippen molar-refractivity contribution in [1.82, 2.24) is 0 Å². The van der Waals surface area contributed by atoms with Gasteiger partial charge in [-0.2, -0.15) is 13.2 Å². The van der Waals surface area contributed by atoms with Crippen LogP contribution < -0.4 is 10.2 Å². The SMILES string of the molecule is O=C(Nc1cccc([C@H]2SCC(=O)N2c2ccc(C(F)(F)F)cc2)c1)c1ccc(F)cc1.